The second-order valence-corrected chi connectivity index (χ2v) is 3.68. The number of carboxylic acid groups (broad SMARTS) is 1. The number of carboxylic acids is 1. The first-order valence-corrected chi connectivity index (χ1v) is 5.22. The van der Waals surface area contributed by atoms with E-state index in [4.69, 9.17) is 14.3 Å². The third-order valence-electron chi connectivity index (χ3n) is 1.91. The van der Waals surface area contributed by atoms with E-state index >= 15 is 0 Å². The van der Waals surface area contributed by atoms with Crippen LogP contribution in [0.1, 0.15) is 34.8 Å². The summed E-state index contributed by atoms with van der Waals surface area (Å²) in [6, 6.07) is 1.18. The Morgan fingerprint density at radius 1 is 1.53 bits per heavy atom. The van der Waals surface area contributed by atoms with E-state index in [0.717, 1.165) is 6.26 Å². The number of amides is 1. The molecule has 6 nitrogen and oxygen atoms in total. The smallest absolute Gasteiger partial charge is 0.338 e. The van der Waals surface area contributed by atoms with Gasteiger partial charge in [0.1, 0.15) is 6.26 Å². The first-order valence-electron chi connectivity index (χ1n) is 5.22. The van der Waals surface area contributed by atoms with Gasteiger partial charge in [-0.15, -0.1) is 0 Å². The highest BCUT2D eigenvalue weighted by atomic mass is 16.5. The number of ether oxygens (including phenoxy) is 1. The van der Waals surface area contributed by atoms with Crippen molar-refractivity contribution < 1.29 is 23.8 Å². The molecule has 1 amide bonds. The molecular weight excluding hydrogens is 226 g/mol. The molecule has 0 bridgehead atoms. The van der Waals surface area contributed by atoms with Gasteiger partial charge in [0.05, 0.1) is 18.3 Å². The van der Waals surface area contributed by atoms with Crippen LogP contribution in [-0.2, 0) is 4.74 Å². The monoisotopic (exact) mass is 241 g/mol. The van der Waals surface area contributed by atoms with Gasteiger partial charge in [-0.05, 0) is 13.8 Å². The Kier molecular flexibility index (Phi) is 4.71. The van der Waals surface area contributed by atoms with Gasteiger partial charge in [0.2, 0.25) is 0 Å². The van der Waals surface area contributed by atoms with Gasteiger partial charge in [0.15, 0.2) is 5.76 Å². The van der Waals surface area contributed by atoms with Crippen LogP contribution in [0.2, 0.25) is 0 Å². The van der Waals surface area contributed by atoms with Gasteiger partial charge in [0.25, 0.3) is 5.91 Å². The Morgan fingerprint density at radius 3 is 2.76 bits per heavy atom. The van der Waals surface area contributed by atoms with Gasteiger partial charge in [-0.2, -0.15) is 0 Å². The third kappa shape index (κ3) is 4.28. The minimum absolute atomic E-state index is 0.0213. The molecule has 0 radical (unpaired) electrons. The zero-order valence-corrected chi connectivity index (χ0v) is 9.73. The van der Waals surface area contributed by atoms with Crippen LogP contribution < -0.4 is 5.32 Å². The average Bonchev–Trinajstić information content (AvgIpc) is 2.73. The minimum Gasteiger partial charge on any atom is -0.478 e. The number of hydrogen-bond donors (Lipinski definition) is 2. The first kappa shape index (κ1) is 13.2. The Hall–Kier alpha value is -1.82. The van der Waals surface area contributed by atoms with Gasteiger partial charge in [0, 0.05) is 12.6 Å². The molecule has 0 spiro atoms. The van der Waals surface area contributed by atoms with Crippen LogP contribution in [0.25, 0.3) is 0 Å². The lowest BCUT2D eigenvalue weighted by Gasteiger charge is -2.07. The summed E-state index contributed by atoms with van der Waals surface area (Å²) >= 11 is 0. The number of nitrogens with one attached hydrogen (secondary N) is 1. The van der Waals surface area contributed by atoms with E-state index in [-0.39, 0.29) is 17.4 Å². The maximum absolute atomic E-state index is 11.5. The van der Waals surface area contributed by atoms with Crippen molar-refractivity contribution in [2.24, 2.45) is 0 Å². The summed E-state index contributed by atoms with van der Waals surface area (Å²) in [5.74, 6) is -1.60. The molecule has 0 fully saturated rings. The van der Waals surface area contributed by atoms with E-state index < -0.39 is 11.9 Å². The van der Waals surface area contributed by atoms with Gasteiger partial charge >= 0.3 is 5.97 Å². The van der Waals surface area contributed by atoms with Gasteiger partial charge in [-0.1, -0.05) is 0 Å². The van der Waals surface area contributed by atoms with Crippen molar-refractivity contribution in [2.45, 2.75) is 20.0 Å². The topological polar surface area (TPSA) is 88.8 Å². The summed E-state index contributed by atoms with van der Waals surface area (Å²) < 4.78 is 10.1. The predicted octanol–water partition coefficient (Wildman–Crippen LogP) is 1.13. The number of hydrogen-bond acceptors (Lipinski definition) is 4. The molecule has 0 atom stereocenters. The Labute approximate surface area is 98.6 Å². The lowest BCUT2D eigenvalue weighted by atomic mass is 10.3. The van der Waals surface area contributed by atoms with Crippen molar-refractivity contribution in [2.75, 3.05) is 13.2 Å². The Balaban J connectivity index is 2.39. The van der Waals surface area contributed by atoms with Crippen LogP contribution in [0.15, 0.2) is 16.7 Å². The first-order chi connectivity index (χ1) is 8.00. The van der Waals surface area contributed by atoms with Gasteiger partial charge in [-0.3, -0.25) is 4.79 Å². The lowest BCUT2D eigenvalue weighted by Crippen LogP contribution is -2.27. The molecule has 0 saturated carbocycles. The molecule has 6 heteroatoms. The molecule has 0 aliphatic heterocycles. The Morgan fingerprint density at radius 2 is 2.24 bits per heavy atom. The van der Waals surface area contributed by atoms with Crippen LogP contribution in [-0.4, -0.2) is 36.2 Å². The van der Waals surface area contributed by atoms with Crippen molar-refractivity contribution in [3.63, 3.8) is 0 Å². The molecule has 1 aromatic heterocycles. The Bertz CT molecular complexity index is 396. The molecule has 17 heavy (non-hydrogen) atoms. The minimum atomic E-state index is -1.13. The molecule has 0 saturated heterocycles. The standard InChI is InChI=1S/C11H15NO5/c1-7(2)16-4-3-12-10(13)9-5-8(6-17-9)11(14)15/h5-7H,3-4H2,1-2H3,(H,12,13)(H,14,15). The molecular formula is C11H15NO5. The molecule has 2 N–H and O–H groups in total. The number of carbonyl (C=O) groups excluding carboxylic acids is 1. The highest BCUT2D eigenvalue weighted by Gasteiger charge is 2.13. The van der Waals surface area contributed by atoms with E-state index in [1.165, 1.54) is 6.07 Å². The highest BCUT2D eigenvalue weighted by Crippen LogP contribution is 2.07. The van der Waals surface area contributed by atoms with E-state index in [9.17, 15) is 9.59 Å². The van der Waals surface area contributed by atoms with Crippen molar-refractivity contribution in [3.05, 3.63) is 23.7 Å². The summed E-state index contributed by atoms with van der Waals surface area (Å²) in [6.45, 7) is 4.54. The largest absolute Gasteiger partial charge is 0.478 e. The normalized spacial score (nSPS) is 10.5. The van der Waals surface area contributed by atoms with Crippen molar-refractivity contribution >= 4 is 11.9 Å². The summed E-state index contributed by atoms with van der Waals surface area (Å²) in [6.07, 6.45) is 1.14. The fraction of sp³-hybridized carbons (Fsp3) is 0.455. The van der Waals surface area contributed by atoms with Crippen molar-refractivity contribution in [1.29, 1.82) is 0 Å². The summed E-state index contributed by atoms with van der Waals surface area (Å²) in [5, 5.41) is 11.2. The van der Waals surface area contributed by atoms with E-state index in [2.05, 4.69) is 5.32 Å². The van der Waals surface area contributed by atoms with Crippen LogP contribution >= 0.6 is 0 Å². The van der Waals surface area contributed by atoms with Crippen LogP contribution in [0, 0.1) is 0 Å². The number of rotatable bonds is 6. The number of aromatic carboxylic acids is 1. The molecule has 0 aliphatic rings. The van der Waals surface area contributed by atoms with Crippen molar-refractivity contribution in [3.8, 4) is 0 Å². The molecule has 0 aromatic carbocycles. The summed E-state index contributed by atoms with van der Waals surface area (Å²) in [7, 11) is 0. The average molecular weight is 241 g/mol. The molecule has 0 unspecified atom stereocenters. The second-order valence-electron chi connectivity index (χ2n) is 3.68. The third-order valence-corrected chi connectivity index (χ3v) is 1.91. The quantitative estimate of drug-likeness (QED) is 0.729. The van der Waals surface area contributed by atoms with Gasteiger partial charge in [-0.25, -0.2) is 4.79 Å². The molecule has 94 valence electrons. The SMILES string of the molecule is CC(C)OCCNC(=O)c1cc(C(=O)O)co1. The highest BCUT2D eigenvalue weighted by molar-refractivity contribution is 5.95. The summed E-state index contributed by atoms with van der Waals surface area (Å²) in [5.41, 5.74) is -0.0476. The number of carbonyl (C=O) groups is 2. The maximum atomic E-state index is 11.5. The number of furan rings is 1. The predicted molar refractivity (Wildman–Crippen MR) is 59.1 cm³/mol. The zero-order chi connectivity index (χ0) is 12.8. The zero-order valence-electron chi connectivity index (χ0n) is 9.73. The van der Waals surface area contributed by atoms with Crippen LogP contribution in [0.5, 0.6) is 0 Å². The van der Waals surface area contributed by atoms with E-state index in [1.54, 1.807) is 0 Å². The molecule has 0 aliphatic carbocycles. The van der Waals surface area contributed by atoms with Crippen LogP contribution in [0.3, 0.4) is 0 Å². The lowest BCUT2D eigenvalue weighted by molar-refractivity contribution is 0.0696. The van der Waals surface area contributed by atoms with Crippen LogP contribution in [0.4, 0.5) is 0 Å². The van der Waals surface area contributed by atoms with E-state index in [1.807, 2.05) is 13.8 Å². The van der Waals surface area contributed by atoms with Gasteiger partial charge < -0.3 is 19.6 Å². The molecule has 1 aromatic rings. The molecule has 1 rings (SSSR count). The fourth-order valence-electron chi connectivity index (χ4n) is 1.11. The maximum Gasteiger partial charge on any atom is 0.338 e. The summed E-state index contributed by atoms with van der Waals surface area (Å²) in [4.78, 5) is 22.0. The van der Waals surface area contributed by atoms with E-state index in [0.29, 0.717) is 13.2 Å². The molecule has 1 heterocycles. The van der Waals surface area contributed by atoms with Crippen molar-refractivity contribution in [1.82, 2.24) is 5.32 Å². The second kappa shape index (κ2) is 6.05. The fourth-order valence-corrected chi connectivity index (χ4v) is 1.11.